The molecule has 9 heteroatoms. The molecule has 0 radical (unpaired) electrons. The van der Waals surface area contributed by atoms with Crippen LogP contribution >= 0.6 is 24.0 Å². The van der Waals surface area contributed by atoms with E-state index in [0.717, 1.165) is 43.5 Å². The van der Waals surface area contributed by atoms with E-state index in [9.17, 15) is 0 Å². The van der Waals surface area contributed by atoms with E-state index < -0.39 is 0 Å². The smallest absolute Gasteiger partial charge is 0.191 e. The number of halogens is 1. The molecule has 3 rings (SSSR count). The molecule has 160 valence electrons. The Morgan fingerprint density at radius 3 is 2.93 bits per heavy atom. The predicted molar refractivity (Wildman–Crippen MR) is 127 cm³/mol. The summed E-state index contributed by atoms with van der Waals surface area (Å²) >= 11 is 0. The monoisotopic (exact) mass is 513 g/mol. The Balaban J connectivity index is 0.00000300. The molecule has 0 saturated heterocycles. The summed E-state index contributed by atoms with van der Waals surface area (Å²) in [6.45, 7) is 4.78. The van der Waals surface area contributed by atoms with Crippen molar-refractivity contribution in [2.24, 2.45) is 4.99 Å². The van der Waals surface area contributed by atoms with E-state index in [2.05, 4.69) is 56.8 Å². The minimum absolute atomic E-state index is 0. The Morgan fingerprint density at radius 1 is 1.38 bits per heavy atom. The molecule has 1 atom stereocenters. The lowest BCUT2D eigenvalue weighted by Gasteiger charge is -2.25. The highest BCUT2D eigenvalue weighted by molar-refractivity contribution is 14.0. The van der Waals surface area contributed by atoms with Crippen LogP contribution in [0, 0.1) is 0 Å². The molecule has 2 heterocycles. The van der Waals surface area contributed by atoms with Gasteiger partial charge in [0.2, 0.25) is 0 Å². The van der Waals surface area contributed by atoms with Crippen molar-refractivity contribution in [1.29, 1.82) is 0 Å². The molecule has 0 spiro atoms. The first-order valence-corrected chi connectivity index (χ1v) is 9.81. The van der Waals surface area contributed by atoms with E-state index >= 15 is 0 Å². The molecule has 0 bridgehead atoms. The van der Waals surface area contributed by atoms with E-state index in [4.69, 9.17) is 9.73 Å². The van der Waals surface area contributed by atoms with Crippen LogP contribution in [0.1, 0.15) is 30.6 Å². The molecule has 0 saturated carbocycles. The molecule has 0 fully saturated rings. The Kier molecular flexibility index (Phi) is 9.15. The SMILES string of the molecule is CCNC(=NCc1cccc(N(C)C)c1)NC1CCc2nc(COC)nn2C1.I. The summed E-state index contributed by atoms with van der Waals surface area (Å²) in [6, 6.07) is 8.74. The maximum absolute atomic E-state index is 5.14. The van der Waals surface area contributed by atoms with Crippen LogP contribution < -0.4 is 15.5 Å². The average Bonchev–Trinajstić information content (AvgIpc) is 3.08. The first-order valence-electron chi connectivity index (χ1n) is 9.81. The minimum atomic E-state index is 0. The Morgan fingerprint density at radius 2 is 2.21 bits per heavy atom. The van der Waals surface area contributed by atoms with Crippen molar-refractivity contribution in [3.8, 4) is 0 Å². The molecular formula is C20H32IN7O. The van der Waals surface area contributed by atoms with Gasteiger partial charge in [-0.15, -0.1) is 24.0 Å². The zero-order chi connectivity index (χ0) is 19.9. The maximum Gasteiger partial charge on any atom is 0.191 e. The van der Waals surface area contributed by atoms with Crippen molar-refractivity contribution in [2.45, 2.75) is 45.5 Å². The second-order valence-electron chi connectivity index (χ2n) is 7.20. The van der Waals surface area contributed by atoms with Gasteiger partial charge in [0, 0.05) is 45.9 Å². The van der Waals surface area contributed by atoms with Crippen molar-refractivity contribution < 1.29 is 4.74 Å². The number of ether oxygens (including phenoxy) is 1. The Hall–Kier alpha value is -1.88. The fourth-order valence-electron chi connectivity index (χ4n) is 3.29. The van der Waals surface area contributed by atoms with Gasteiger partial charge in [-0.1, -0.05) is 12.1 Å². The topological polar surface area (TPSA) is 79.6 Å². The van der Waals surface area contributed by atoms with Crippen LogP contribution in [0.3, 0.4) is 0 Å². The van der Waals surface area contributed by atoms with Gasteiger partial charge in [0.25, 0.3) is 0 Å². The molecule has 0 amide bonds. The van der Waals surface area contributed by atoms with E-state index in [1.807, 2.05) is 18.8 Å². The summed E-state index contributed by atoms with van der Waals surface area (Å²) in [7, 11) is 5.76. The standard InChI is InChI=1S/C20H31N7O.HI/c1-5-21-20(22-12-15-7-6-8-17(11-15)26(2)3)23-16-9-10-19-24-18(14-28-4)25-27(19)13-16;/h6-8,11,16H,5,9-10,12-14H2,1-4H3,(H2,21,22,23);1H. The van der Waals surface area contributed by atoms with Crippen LogP contribution in [0.4, 0.5) is 5.69 Å². The van der Waals surface area contributed by atoms with Gasteiger partial charge < -0.3 is 20.3 Å². The normalized spacial score (nSPS) is 16.0. The molecule has 1 aliphatic rings. The molecule has 29 heavy (non-hydrogen) atoms. The Bertz CT molecular complexity index is 806. The number of rotatable bonds is 7. The number of anilines is 1. The molecule has 0 aliphatic carbocycles. The van der Waals surface area contributed by atoms with Gasteiger partial charge in [-0.05, 0) is 31.0 Å². The van der Waals surface area contributed by atoms with Gasteiger partial charge in [0.05, 0.1) is 13.1 Å². The highest BCUT2D eigenvalue weighted by Gasteiger charge is 2.22. The largest absolute Gasteiger partial charge is 0.378 e. The zero-order valence-electron chi connectivity index (χ0n) is 17.7. The molecule has 1 aromatic carbocycles. The van der Waals surface area contributed by atoms with E-state index in [0.29, 0.717) is 13.2 Å². The molecule has 1 aromatic heterocycles. The summed E-state index contributed by atoms with van der Waals surface area (Å²) in [5.41, 5.74) is 2.37. The number of aliphatic imine (C=N–C) groups is 1. The van der Waals surface area contributed by atoms with Gasteiger partial charge in [0.15, 0.2) is 11.8 Å². The van der Waals surface area contributed by atoms with Crippen molar-refractivity contribution in [3.63, 3.8) is 0 Å². The molecule has 1 aliphatic heterocycles. The number of guanidine groups is 1. The van der Waals surface area contributed by atoms with E-state index in [1.165, 1.54) is 11.3 Å². The number of aromatic nitrogens is 3. The van der Waals surface area contributed by atoms with Crippen LogP contribution in [0.15, 0.2) is 29.3 Å². The fourth-order valence-corrected chi connectivity index (χ4v) is 3.29. The quantitative estimate of drug-likeness (QED) is 0.336. The summed E-state index contributed by atoms with van der Waals surface area (Å²) in [5.74, 6) is 2.62. The average molecular weight is 513 g/mol. The zero-order valence-corrected chi connectivity index (χ0v) is 20.0. The summed E-state index contributed by atoms with van der Waals surface area (Å²) in [4.78, 5) is 11.4. The summed E-state index contributed by atoms with van der Waals surface area (Å²) in [6.07, 6.45) is 1.91. The first-order chi connectivity index (χ1) is 13.6. The molecule has 8 nitrogen and oxygen atoms in total. The van der Waals surface area contributed by atoms with Gasteiger partial charge in [-0.25, -0.2) is 14.7 Å². The van der Waals surface area contributed by atoms with Gasteiger partial charge in [0.1, 0.15) is 12.4 Å². The fraction of sp³-hybridized carbons (Fsp3) is 0.550. The van der Waals surface area contributed by atoms with Crippen molar-refractivity contribution in [2.75, 3.05) is 32.6 Å². The molecular weight excluding hydrogens is 481 g/mol. The number of hydrogen-bond donors (Lipinski definition) is 2. The van der Waals surface area contributed by atoms with Crippen molar-refractivity contribution in [1.82, 2.24) is 25.4 Å². The molecule has 2 aromatic rings. The molecule has 1 unspecified atom stereocenters. The minimum Gasteiger partial charge on any atom is -0.378 e. The van der Waals surface area contributed by atoms with Crippen molar-refractivity contribution in [3.05, 3.63) is 41.5 Å². The second-order valence-corrected chi connectivity index (χ2v) is 7.20. The number of fused-ring (bicyclic) bond motifs is 1. The first kappa shape index (κ1) is 23.4. The lowest BCUT2D eigenvalue weighted by Crippen LogP contribution is -2.47. The Labute approximate surface area is 190 Å². The van der Waals surface area contributed by atoms with E-state index in [1.54, 1.807) is 7.11 Å². The lowest BCUT2D eigenvalue weighted by atomic mass is 10.1. The number of nitrogens with zero attached hydrogens (tertiary/aromatic N) is 5. The van der Waals surface area contributed by atoms with Crippen LogP contribution in [-0.2, 0) is 30.9 Å². The number of hydrogen-bond acceptors (Lipinski definition) is 5. The second kappa shape index (κ2) is 11.3. The van der Waals surface area contributed by atoms with Crippen LogP contribution in [-0.4, -0.2) is 54.5 Å². The highest BCUT2D eigenvalue weighted by atomic mass is 127. The van der Waals surface area contributed by atoms with Crippen LogP contribution in [0.25, 0.3) is 0 Å². The van der Waals surface area contributed by atoms with E-state index in [-0.39, 0.29) is 30.0 Å². The van der Waals surface area contributed by atoms with Crippen LogP contribution in [0.5, 0.6) is 0 Å². The third-order valence-electron chi connectivity index (χ3n) is 4.71. The highest BCUT2D eigenvalue weighted by Crippen LogP contribution is 2.15. The third kappa shape index (κ3) is 6.56. The van der Waals surface area contributed by atoms with Crippen LogP contribution in [0.2, 0.25) is 0 Å². The van der Waals surface area contributed by atoms with Gasteiger partial charge in [-0.3, -0.25) is 0 Å². The number of nitrogens with one attached hydrogen (secondary N) is 2. The number of methoxy groups -OCH3 is 1. The van der Waals surface area contributed by atoms with Gasteiger partial charge >= 0.3 is 0 Å². The van der Waals surface area contributed by atoms with Crippen molar-refractivity contribution >= 4 is 35.6 Å². The van der Waals surface area contributed by atoms with Gasteiger partial charge in [-0.2, -0.15) is 5.10 Å². The third-order valence-corrected chi connectivity index (χ3v) is 4.71. The summed E-state index contributed by atoms with van der Waals surface area (Å²) in [5, 5.41) is 11.4. The molecule has 2 N–H and O–H groups in total. The predicted octanol–water partition coefficient (Wildman–Crippen LogP) is 2.18. The number of benzene rings is 1. The maximum atomic E-state index is 5.14. The number of aryl methyl sites for hydroxylation is 1. The summed E-state index contributed by atoms with van der Waals surface area (Å²) < 4.78 is 7.13. The lowest BCUT2D eigenvalue weighted by molar-refractivity contribution is 0.177.